The van der Waals surface area contributed by atoms with Crippen LogP contribution in [0.4, 0.5) is 26.0 Å². The van der Waals surface area contributed by atoms with Crippen LogP contribution in [0.2, 0.25) is 0 Å². The number of alkyl halides is 2. The van der Waals surface area contributed by atoms with Gasteiger partial charge in [0.1, 0.15) is 16.7 Å². The number of rotatable bonds is 5. The number of carbonyl (C=O) groups is 3. The SMILES string of the molecule is C[C@@H]1CNc2c(sc3ccc4nc(N5CC[C@H](N(C)C6CC7(CCN(c8ccc9c(c8)n(C)c(=O)n9C8CCC(=O)NC8=O)CC7)C6)C(F)(F)C5)ccc4c23)C(=O)N1. The van der Waals surface area contributed by atoms with E-state index in [1.165, 1.54) is 15.9 Å². The molecule has 3 N–H and O–H groups in total. The molecule has 304 valence electrons. The average molecular weight is 812 g/mol. The molecule has 10 rings (SSSR count). The highest BCUT2D eigenvalue weighted by Crippen LogP contribution is 2.52. The van der Waals surface area contributed by atoms with Crippen LogP contribution in [0.1, 0.15) is 67.6 Å². The van der Waals surface area contributed by atoms with Crippen LogP contribution in [0.3, 0.4) is 0 Å². The number of imide groups is 1. The highest BCUT2D eigenvalue weighted by Gasteiger charge is 2.53. The van der Waals surface area contributed by atoms with Crippen molar-refractivity contribution in [2.75, 3.05) is 54.9 Å². The van der Waals surface area contributed by atoms with Gasteiger partial charge in [-0.25, -0.2) is 18.6 Å². The number of thiophene rings is 1. The van der Waals surface area contributed by atoms with Crippen molar-refractivity contribution in [1.29, 1.82) is 0 Å². The van der Waals surface area contributed by atoms with Gasteiger partial charge < -0.3 is 20.4 Å². The maximum absolute atomic E-state index is 16.1. The third kappa shape index (κ3) is 5.96. The smallest absolute Gasteiger partial charge is 0.329 e. The lowest BCUT2D eigenvalue weighted by Crippen LogP contribution is -2.63. The summed E-state index contributed by atoms with van der Waals surface area (Å²) < 4.78 is 36.3. The molecule has 3 saturated heterocycles. The molecular weight excluding hydrogens is 765 g/mol. The number of aromatic nitrogens is 3. The molecule has 1 unspecified atom stereocenters. The fraction of sp³-hybridized carbons (Fsp3) is 0.500. The van der Waals surface area contributed by atoms with Crippen molar-refractivity contribution in [3.05, 3.63) is 57.8 Å². The van der Waals surface area contributed by atoms with Gasteiger partial charge in [-0.05, 0) is 100 Å². The van der Waals surface area contributed by atoms with E-state index in [9.17, 15) is 19.2 Å². The number of halogens is 2. The number of fused-ring (bicyclic) bond motifs is 6. The summed E-state index contributed by atoms with van der Waals surface area (Å²) in [6, 6.07) is 12.1. The molecule has 13 nitrogen and oxygen atoms in total. The van der Waals surface area contributed by atoms with Crippen molar-refractivity contribution in [1.82, 2.24) is 29.7 Å². The third-order valence-corrected chi connectivity index (χ3v) is 14.9. The van der Waals surface area contributed by atoms with E-state index in [4.69, 9.17) is 4.98 Å². The Morgan fingerprint density at radius 3 is 2.50 bits per heavy atom. The molecule has 7 heterocycles. The molecule has 1 aliphatic carbocycles. The summed E-state index contributed by atoms with van der Waals surface area (Å²) in [5, 5.41) is 10.7. The number of imidazole rings is 1. The lowest BCUT2D eigenvalue weighted by molar-refractivity contribution is -0.135. The number of carbonyl (C=O) groups excluding carboxylic acids is 3. The fourth-order valence-corrected chi connectivity index (χ4v) is 11.5. The lowest BCUT2D eigenvalue weighted by Gasteiger charge is -2.57. The van der Waals surface area contributed by atoms with Gasteiger partial charge in [-0.3, -0.25) is 33.7 Å². The summed E-state index contributed by atoms with van der Waals surface area (Å²) in [5.41, 5.74) is 3.79. The van der Waals surface area contributed by atoms with Crippen molar-refractivity contribution < 1.29 is 23.2 Å². The normalized spacial score (nSPS) is 24.9. The Labute approximate surface area is 337 Å². The van der Waals surface area contributed by atoms with Crippen molar-refractivity contribution in [3.63, 3.8) is 0 Å². The molecule has 3 amide bonds. The van der Waals surface area contributed by atoms with Gasteiger partial charge in [0, 0.05) is 72.9 Å². The number of hydrogen-bond acceptors (Lipinski definition) is 10. The molecule has 5 aromatic rings. The molecule has 4 fully saturated rings. The van der Waals surface area contributed by atoms with Crippen LogP contribution >= 0.6 is 11.3 Å². The van der Waals surface area contributed by atoms with Gasteiger partial charge in [-0.15, -0.1) is 11.3 Å². The van der Waals surface area contributed by atoms with Crippen LogP contribution < -0.4 is 31.4 Å². The van der Waals surface area contributed by atoms with Crippen molar-refractivity contribution >= 4 is 78.3 Å². The van der Waals surface area contributed by atoms with Gasteiger partial charge in [-0.1, -0.05) is 0 Å². The molecule has 5 aliphatic rings. The summed E-state index contributed by atoms with van der Waals surface area (Å²) >= 11 is 1.45. The van der Waals surface area contributed by atoms with E-state index in [0.29, 0.717) is 47.7 Å². The minimum Gasteiger partial charge on any atom is -0.381 e. The fourth-order valence-electron chi connectivity index (χ4n) is 10.4. The summed E-state index contributed by atoms with van der Waals surface area (Å²) in [6.07, 6.45) is 4.56. The Hall–Kier alpha value is -5.09. The van der Waals surface area contributed by atoms with E-state index in [1.54, 1.807) is 16.5 Å². The maximum atomic E-state index is 16.1. The second-order valence-corrected chi connectivity index (χ2v) is 18.3. The van der Waals surface area contributed by atoms with E-state index in [2.05, 4.69) is 20.9 Å². The van der Waals surface area contributed by atoms with Crippen LogP contribution in [0.15, 0.2) is 47.3 Å². The Morgan fingerprint density at radius 2 is 1.74 bits per heavy atom. The molecular formula is C42H47F2N9O4S. The molecule has 3 atom stereocenters. The van der Waals surface area contributed by atoms with Gasteiger partial charge in [0.15, 0.2) is 0 Å². The maximum Gasteiger partial charge on any atom is 0.329 e. The summed E-state index contributed by atoms with van der Waals surface area (Å²) in [5.74, 6) is -3.24. The molecule has 1 saturated carbocycles. The van der Waals surface area contributed by atoms with Crippen molar-refractivity contribution in [2.24, 2.45) is 12.5 Å². The molecule has 2 aromatic carbocycles. The number of piperidine rings is 3. The van der Waals surface area contributed by atoms with E-state index in [0.717, 1.165) is 71.1 Å². The molecule has 0 bridgehead atoms. The molecule has 0 radical (unpaired) electrons. The summed E-state index contributed by atoms with van der Waals surface area (Å²) in [7, 11) is 3.58. The molecule has 16 heteroatoms. The van der Waals surface area contributed by atoms with Crippen molar-refractivity contribution in [2.45, 2.75) is 82.0 Å². The zero-order valence-electron chi connectivity index (χ0n) is 32.8. The first kappa shape index (κ1) is 37.2. The predicted octanol–water partition coefficient (Wildman–Crippen LogP) is 5.22. The van der Waals surface area contributed by atoms with Crippen LogP contribution in [-0.2, 0) is 16.6 Å². The lowest BCUT2D eigenvalue weighted by atomic mass is 9.59. The van der Waals surface area contributed by atoms with Crippen LogP contribution in [0.5, 0.6) is 0 Å². The largest absolute Gasteiger partial charge is 0.381 e. The van der Waals surface area contributed by atoms with E-state index >= 15 is 8.78 Å². The van der Waals surface area contributed by atoms with Gasteiger partial charge in [-0.2, -0.15) is 0 Å². The third-order valence-electron chi connectivity index (χ3n) is 13.8. The standard InChI is InChI=1S/C42H47F2N9O4S/c1-23-21-45-36-35-26-5-10-33(47-27(26)6-9-31(35)58-37(36)39(56)46-23)52-15-12-32(42(43,44)22-52)49(2)25-19-41(20-25)13-16-51(17-14-41)24-4-7-28-30(18-24)50(3)40(57)53(28)29-8-11-34(54)48-38(29)55/h4-7,9-10,18,23,25,29,32,45H,8,11-17,19-22H2,1-3H3,(H,46,56)(H,48,54,55)/t23-,29?,32+/m1/s1. The van der Waals surface area contributed by atoms with Crippen LogP contribution in [-0.4, -0.2) is 101 Å². The number of hydrogen-bond donors (Lipinski definition) is 3. The first-order valence-electron chi connectivity index (χ1n) is 20.3. The topological polar surface area (TPSA) is 137 Å². The number of amides is 3. The second kappa shape index (κ2) is 13.5. The predicted molar refractivity (Wildman–Crippen MR) is 221 cm³/mol. The molecule has 58 heavy (non-hydrogen) atoms. The molecule has 3 aromatic heterocycles. The number of nitrogens with one attached hydrogen (secondary N) is 3. The van der Waals surface area contributed by atoms with Gasteiger partial charge in [0.05, 0.1) is 34.8 Å². The Bertz CT molecular complexity index is 2590. The van der Waals surface area contributed by atoms with E-state index in [-0.39, 0.29) is 41.4 Å². The zero-order valence-corrected chi connectivity index (χ0v) is 33.6. The number of nitrogens with zero attached hydrogens (tertiary/aromatic N) is 6. The summed E-state index contributed by atoms with van der Waals surface area (Å²) in [6.45, 7) is 4.34. The van der Waals surface area contributed by atoms with Gasteiger partial charge in [0.25, 0.3) is 11.8 Å². The number of benzene rings is 2. The second-order valence-electron chi connectivity index (χ2n) is 17.3. The monoisotopic (exact) mass is 811 g/mol. The highest BCUT2D eigenvalue weighted by atomic mass is 32.1. The number of anilines is 3. The highest BCUT2D eigenvalue weighted by molar-refractivity contribution is 7.21. The van der Waals surface area contributed by atoms with Crippen molar-refractivity contribution in [3.8, 4) is 0 Å². The van der Waals surface area contributed by atoms with Crippen LogP contribution in [0, 0.1) is 5.41 Å². The Morgan fingerprint density at radius 1 is 0.948 bits per heavy atom. The minimum absolute atomic E-state index is 0.000408. The van der Waals surface area contributed by atoms with E-state index < -0.39 is 30.5 Å². The number of pyridine rings is 1. The average Bonchev–Trinajstić information content (AvgIpc) is 3.64. The first-order valence-corrected chi connectivity index (χ1v) is 21.2. The quantitative estimate of drug-likeness (QED) is 0.204. The Balaban J connectivity index is 0.778. The Kier molecular flexibility index (Phi) is 8.64. The first-order chi connectivity index (χ1) is 27.8. The van der Waals surface area contributed by atoms with E-state index in [1.807, 2.05) is 61.3 Å². The summed E-state index contributed by atoms with van der Waals surface area (Å²) in [4.78, 5) is 62.0. The van der Waals surface area contributed by atoms with Crippen LogP contribution in [0.25, 0.3) is 32.0 Å². The van der Waals surface area contributed by atoms with Gasteiger partial charge in [0.2, 0.25) is 11.8 Å². The molecule has 4 aliphatic heterocycles. The zero-order chi connectivity index (χ0) is 40.2. The minimum atomic E-state index is -2.92. The number of aryl methyl sites for hydroxylation is 1. The molecule has 1 spiro atoms. The van der Waals surface area contributed by atoms with Gasteiger partial charge >= 0.3 is 5.69 Å².